The quantitative estimate of drug-likeness (QED) is 0.649. The molecule has 96 valence electrons. The molecule has 4 heteroatoms. The van der Waals surface area contributed by atoms with Crippen LogP contribution in [0.4, 0.5) is 0 Å². The normalized spacial score (nSPS) is 8.50. The van der Waals surface area contributed by atoms with Gasteiger partial charge in [0, 0.05) is 12.0 Å². The predicted molar refractivity (Wildman–Crippen MR) is 70.7 cm³/mol. The Balaban J connectivity index is 0.000000494. The van der Waals surface area contributed by atoms with Gasteiger partial charge >= 0.3 is 5.97 Å². The molecule has 0 spiro atoms. The second-order valence-electron chi connectivity index (χ2n) is 3.36. The van der Waals surface area contributed by atoms with E-state index in [9.17, 15) is 9.59 Å². The number of benzene rings is 1. The highest BCUT2D eigenvalue weighted by Gasteiger charge is 2.06. The maximum absolute atomic E-state index is 11.0. The summed E-state index contributed by atoms with van der Waals surface area (Å²) in [5, 5.41) is 0. The average Bonchev–Trinajstić information content (AvgIpc) is 2.39. The Bertz CT molecular complexity index is 424. The molecule has 0 unspecified atom stereocenters. The highest BCUT2D eigenvalue weighted by Crippen LogP contribution is 2.06. The van der Waals surface area contributed by atoms with Crippen LogP contribution in [0.15, 0.2) is 55.1 Å². The first kappa shape index (κ1) is 15.6. The molecule has 0 fully saturated rings. The maximum Gasteiger partial charge on any atom is 0.333 e. The Morgan fingerprint density at radius 3 is 2.22 bits per heavy atom. The van der Waals surface area contributed by atoms with Gasteiger partial charge in [-0.2, -0.15) is 0 Å². The van der Waals surface area contributed by atoms with Crippen molar-refractivity contribution >= 4 is 11.9 Å². The van der Waals surface area contributed by atoms with E-state index in [1.54, 1.807) is 0 Å². The van der Waals surface area contributed by atoms with Crippen LogP contribution in [0.2, 0.25) is 0 Å². The SMILES string of the molecule is C=C(Cc1ccccc1)C(=O)OC.C=CC(N)=O. The molecule has 0 saturated carbocycles. The van der Waals surface area contributed by atoms with Crippen molar-refractivity contribution in [2.45, 2.75) is 6.42 Å². The summed E-state index contributed by atoms with van der Waals surface area (Å²) in [6.07, 6.45) is 1.60. The molecule has 1 aromatic carbocycles. The number of nitrogens with two attached hydrogens (primary N) is 1. The molecule has 0 atom stereocenters. The summed E-state index contributed by atoms with van der Waals surface area (Å²) in [5.74, 6) is -0.825. The van der Waals surface area contributed by atoms with Gasteiger partial charge in [0.2, 0.25) is 5.91 Å². The lowest BCUT2D eigenvalue weighted by atomic mass is 10.1. The van der Waals surface area contributed by atoms with E-state index >= 15 is 0 Å². The van der Waals surface area contributed by atoms with Gasteiger partial charge in [-0.25, -0.2) is 4.79 Å². The Kier molecular flexibility index (Phi) is 7.61. The zero-order chi connectivity index (χ0) is 14.0. The van der Waals surface area contributed by atoms with E-state index in [1.165, 1.54) is 7.11 Å². The summed E-state index contributed by atoms with van der Waals surface area (Å²) in [6, 6.07) is 9.70. The first-order valence-corrected chi connectivity index (χ1v) is 5.23. The van der Waals surface area contributed by atoms with Crippen LogP contribution in [-0.2, 0) is 20.7 Å². The minimum absolute atomic E-state index is 0.344. The van der Waals surface area contributed by atoms with E-state index < -0.39 is 5.91 Å². The second kappa shape index (κ2) is 8.75. The Labute approximate surface area is 107 Å². The number of carbonyl (C=O) groups excluding carboxylic acids is 2. The van der Waals surface area contributed by atoms with E-state index in [0.29, 0.717) is 12.0 Å². The topological polar surface area (TPSA) is 69.4 Å². The second-order valence-corrected chi connectivity index (χ2v) is 3.36. The monoisotopic (exact) mass is 247 g/mol. The number of carbonyl (C=O) groups is 2. The van der Waals surface area contributed by atoms with Crippen molar-refractivity contribution in [1.29, 1.82) is 0 Å². The molecular weight excluding hydrogens is 230 g/mol. The number of methoxy groups -OCH3 is 1. The number of amides is 1. The van der Waals surface area contributed by atoms with E-state index in [1.807, 2.05) is 30.3 Å². The van der Waals surface area contributed by atoms with Gasteiger partial charge in [0.1, 0.15) is 0 Å². The van der Waals surface area contributed by atoms with Gasteiger partial charge in [-0.1, -0.05) is 43.5 Å². The zero-order valence-electron chi connectivity index (χ0n) is 10.4. The van der Waals surface area contributed by atoms with E-state index in [4.69, 9.17) is 0 Å². The van der Waals surface area contributed by atoms with Gasteiger partial charge in [-0.15, -0.1) is 0 Å². The van der Waals surface area contributed by atoms with Gasteiger partial charge in [0.15, 0.2) is 0 Å². The van der Waals surface area contributed by atoms with Crippen molar-refractivity contribution in [3.05, 3.63) is 60.7 Å². The molecule has 0 heterocycles. The standard InChI is InChI=1S/C11H12O2.C3H5NO/c1-9(11(12)13-2)8-10-6-4-3-5-7-10;1-2-3(4)5/h3-7H,1,8H2,2H3;2H,1H2,(H2,4,5). The molecule has 0 aliphatic rings. The molecule has 1 aromatic rings. The van der Waals surface area contributed by atoms with E-state index in [-0.39, 0.29) is 5.97 Å². The average molecular weight is 247 g/mol. The number of hydrogen-bond acceptors (Lipinski definition) is 3. The van der Waals surface area contributed by atoms with Gasteiger partial charge in [-0.05, 0) is 11.6 Å². The molecule has 0 saturated heterocycles. The smallest absolute Gasteiger partial charge is 0.333 e. The van der Waals surface area contributed by atoms with Crippen LogP contribution in [0.5, 0.6) is 0 Å². The van der Waals surface area contributed by atoms with Crippen LogP contribution in [-0.4, -0.2) is 19.0 Å². The fourth-order valence-corrected chi connectivity index (χ4v) is 1.06. The first-order chi connectivity index (χ1) is 8.51. The molecule has 18 heavy (non-hydrogen) atoms. The van der Waals surface area contributed by atoms with Crippen molar-refractivity contribution in [2.24, 2.45) is 5.73 Å². The Morgan fingerprint density at radius 1 is 1.33 bits per heavy atom. The number of hydrogen-bond donors (Lipinski definition) is 1. The maximum atomic E-state index is 11.0. The van der Waals surface area contributed by atoms with Crippen LogP contribution in [0.25, 0.3) is 0 Å². The lowest BCUT2D eigenvalue weighted by Crippen LogP contribution is -2.05. The number of primary amides is 1. The van der Waals surface area contributed by atoms with Crippen molar-refractivity contribution in [3.63, 3.8) is 0 Å². The molecule has 2 N–H and O–H groups in total. The summed E-state index contributed by atoms with van der Waals surface area (Å²) < 4.78 is 4.55. The fraction of sp³-hybridized carbons (Fsp3) is 0.143. The molecule has 4 nitrogen and oxygen atoms in total. The van der Waals surface area contributed by atoms with Crippen molar-refractivity contribution < 1.29 is 14.3 Å². The molecule has 0 aromatic heterocycles. The van der Waals surface area contributed by atoms with Crippen LogP contribution in [0, 0.1) is 0 Å². The summed E-state index contributed by atoms with van der Waals surface area (Å²) in [6.45, 7) is 6.73. The minimum Gasteiger partial charge on any atom is -0.466 e. The third-order valence-corrected chi connectivity index (χ3v) is 1.94. The zero-order valence-corrected chi connectivity index (χ0v) is 10.4. The van der Waals surface area contributed by atoms with Crippen LogP contribution in [0.1, 0.15) is 5.56 Å². The molecule has 0 radical (unpaired) electrons. The molecule has 1 rings (SSSR count). The third kappa shape index (κ3) is 7.00. The number of ether oxygens (including phenoxy) is 1. The minimum atomic E-state index is -0.481. The van der Waals surface area contributed by atoms with E-state index in [0.717, 1.165) is 11.6 Å². The van der Waals surface area contributed by atoms with E-state index in [2.05, 4.69) is 23.6 Å². The lowest BCUT2D eigenvalue weighted by molar-refractivity contribution is -0.136. The van der Waals surface area contributed by atoms with Crippen LogP contribution >= 0.6 is 0 Å². The predicted octanol–water partition coefficient (Wildman–Crippen LogP) is 1.62. The molecule has 0 aliphatic carbocycles. The van der Waals surface area contributed by atoms with Gasteiger partial charge in [0.25, 0.3) is 0 Å². The Hall–Kier alpha value is -2.36. The third-order valence-electron chi connectivity index (χ3n) is 1.94. The van der Waals surface area contributed by atoms with Crippen LogP contribution in [0.3, 0.4) is 0 Å². The molecule has 0 aliphatic heterocycles. The van der Waals surface area contributed by atoms with Gasteiger partial charge in [-0.3, -0.25) is 4.79 Å². The van der Waals surface area contributed by atoms with Crippen molar-refractivity contribution in [3.8, 4) is 0 Å². The van der Waals surface area contributed by atoms with Crippen molar-refractivity contribution in [2.75, 3.05) is 7.11 Å². The summed E-state index contributed by atoms with van der Waals surface area (Å²) >= 11 is 0. The first-order valence-electron chi connectivity index (χ1n) is 5.23. The Morgan fingerprint density at radius 2 is 1.83 bits per heavy atom. The van der Waals surface area contributed by atoms with Gasteiger partial charge in [0.05, 0.1) is 7.11 Å². The van der Waals surface area contributed by atoms with Gasteiger partial charge < -0.3 is 10.5 Å². The highest BCUT2D eigenvalue weighted by molar-refractivity contribution is 5.88. The largest absolute Gasteiger partial charge is 0.466 e. The number of esters is 1. The number of rotatable bonds is 4. The summed E-state index contributed by atoms with van der Waals surface area (Å²) in [4.78, 5) is 20.5. The highest BCUT2D eigenvalue weighted by atomic mass is 16.5. The summed E-state index contributed by atoms with van der Waals surface area (Å²) in [5.41, 5.74) is 6.08. The molecular formula is C14H17NO3. The summed E-state index contributed by atoms with van der Waals surface area (Å²) in [7, 11) is 1.36. The van der Waals surface area contributed by atoms with Crippen LogP contribution < -0.4 is 5.73 Å². The van der Waals surface area contributed by atoms with Crippen molar-refractivity contribution in [1.82, 2.24) is 0 Å². The lowest BCUT2D eigenvalue weighted by Gasteiger charge is -2.02. The molecule has 0 bridgehead atoms. The fourth-order valence-electron chi connectivity index (χ4n) is 1.06. The molecule has 1 amide bonds.